The quantitative estimate of drug-likeness (QED) is 0.467. The Hall–Kier alpha value is -4.14. The molecule has 3 aromatic rings. The van der Waals surface area contributed by atoms with E-state index in [1.165, 1.54) is 50.4 Å². The Bertz CT molecular complexity index is 1310. The van der Waals surface area contributed by atoms with Gasteiger partial charge in [0.15, 0.2) is 17.3 Å². The van der Waals surface area contributed by atoms with Crippen molar-refractivity contribution < 1.29 is 36.7 Å². The van der Waals surface area contributed by atoms with Crippen LogP contribution in [0.2, 0.25) is 0 Å². The molecule has 0 unspecified atom stereocenters. The minimum Gasteiger partial charge on any atom is -0.497 e. The molecule has 1 aromatic heterocycles. The highest BCUT2D eigenvalue weighted by Gasteiger charge is 2.70. The Morgan fingerprint density at radius 2 is 1.69 bits per heavy atom. The lowest BCUT2D eigenvalue weighted by Gasteiger charge is -2.33. The molecule has 2 atom stereocenters. The summed E-state index contributed by atoms with van der Waals surface area (Å²) in [5, 5.41) is 1.84. The molecule has 6 nitrogen and oxygen atoms in total. The number of nitrogens with one attached hydrogen (secondary N) is 1. The molecular weight excluding hydrogens is 475 g/mol. The maximum Gasteiger partial charge on any atom is 0.423 e. The zero-order valence-electron chi connectivity index (χ0n) is 19.4. The molecule has 0 spiro atoms. The Kier molecular flexibility index (Phi) is 6.58. The molecule has 0 bridgehead atoms. The predicted molar refractivity (Wildman–Crippen MR) is 124 cm³/mol. The van der Waals surface area contributed by atoms with Gasteiger partial charge in [0.25, 0.3) is 5.91 Å². The normalized spacial score (nSPS) is 19.9. The number of hydrogen-bond donors (Lipinski definition) is 1. The summed E-state index contributed by atoms with van der Waals surface area (Å²) in [5.74, 6) is -4.77. The van der Waals surface area contributed by atoms with Gasteiger partial charge >= 0.3 is 6.18 Å². The van der Waals surface area contributed by atoms with E-state index in [9.17, 15) is 27.6 Å². The second-order valence-corrected chi connectivity index (χ2v) is 8.40. The van der Waals surface area contributed by atoms with Gasteiger partial charge in [0.05, 0.1) is 13.4 Å². The third-order valence-corrected chi connectivity index (χ3v) is 6.31. The van der Waals surface area contributed by atoms with Crippen LogP contribution in [0.4, 0.5) is 13.2 Å². The van der Waals surface area contributed by atoms with Gasteiger partial charge in [0, 0.05) is 17.1 Å². The number of ketones is 2. The molecule has 0 saturated carbocycles. The molecule has 1 heterocycles. The van der Waals surface area contributed by atoms with Crippen LogP contribution in [-0.2, 0) is 11.2 Å². The second-order valence-electron chi connectivity index (χ2n) is 8.40. The van der Waals surface area contributed by atoms with E-state index in [1.54, 1.807) is 30.3 Å². The number of carbonyl (C=O) groups excluding carboxylic acids is 3. The van der Waals surface area contributed by atoms with Crippen molar-refractivity contribution in [3.63, 3.8) is 0 Å². The van der Waals surface area contributed by atoms with Crippen molar-refractivity contribution in [1.82, 2.24) is 5.32 Å². The average Bonchev–Trinajstić information content (AvgIpc) is 3.47. The zero-order valence-corrected chi connectivity index (χ0v) is 19.4. The smallest absolute Gasteiger partial charge is 0.423 e. The van der Waals surface area contributed by atoms with E-state index >= 15 is 0 Å². The molecule has 1 aliphatic rings. The number of carbonyl (C=O) groups is 3. The molecule has 186 valence electrons. The van der Waals surface area contributed by atoms with Gasteiger partial charge in [-0.25, -0.2) is 0 Å². The number of alkyl halides is 3. The molecular formula is C27H22F3NO5. The van der Waals surface area contributed by atoms with E-state index in [-0.39, 0.29) is 17.6 Å². The number of halogens is 3. The lowest BCUT2D eigenvalue weighted by molar-refractivity contribution is -0.185. The summed E-state index contributed by atoms with van der Waals surface area (Å²) in [7, 11) is 1.48. The van der Waals surface area contributed by atoms with Crippen molar-refractivity contribution in [3.05, 3.63) is 101 Å². The number of Topliss-reactive ketones (excluding diaryl/α,β-unsaturated/α-hetero) is 2. The van der Waals surface area contributed by atoms with E-state index < -0.39 is 46.4 Å². The van der Waals surface area contributed by atoms with Crippen LogP contribution in [0.15, 0.2) is 88.6 Å². The van der Waals surface area contributed by atoms with Crippen molar-refractivity contribution in [3.8, 4) is 5.75 Å². The third-order valence-electron chi connectivity index (χ3n) is 6.31. The van der Waals surface area contributed by atoms with Crippen LogP contribution in [-0.4, -0.2) is 36.3 Å². The highest BCUT2D eigenvalue weighted by Crippen LogP contribution is 2.49. The molecule has 1 aliphatic carbocycles. The predicted octanol–water partition coefficient (Wildman–Crippen LogP) is 4.96. The van der Waals surface area contributed by atoms with Crippen molar-refractivity contribution in [2.75, 3.05) is 7.11 Å². The minimum absolute atomic E-state index is 0.0365. The first-order valence-corrected chi connectivity index (χ1v) is 11.0. The molecule has 0 aliphatic heterocycles. The molecule has 9 heteroatoms. The Morgan fingerprint density at radius 1 is 1.03 bits per heavy atom. The van der Waals surface area contributed by atoms with Crippen LogP contribution < -0.4 is 10.1 Å². The number of amides is 1. The Balaban J connectivity index is 1.86. The first-order valence-electron chi connectivity index (χ1n) is 11.0. The second kappa shape index (κ2) is 9.49. The fourth-order valence-corrected chi connectivity index (χ4v) is 4.49. The molecule has 36 heavy (non-hydrogen) atoms. The summed E-state index contributed by atoms with van der Waals surface area (Å²) in [5.41, 5.74) is -3.88. The van der Waals surface area contributed by atoms with Gasteiger partial charge < -0.3 is 14.5 Å². The molecule has 2 aromatic carbocycles. The number of benzene rings is 2. The van der Waals surface area contributed by atoms with Crippen LogP contribution in [0.1, 0.15) is 33.4 Å². The maximum absolute atomic E-state index is 14.9. The summed E-state index contributed by atoms with van der Waals surface area (Å²) in [6, 6.07) is 16.4. The molecule has 4 rings (SSSR count). The Labute approximate surface area is 204 Å². The van der Waals surface area contributed by atoms with E-state index in [4.69, 9.17) is 9.15 Å². The van der Waals surface area contributed by atoms with Crippen LogP contribution in [0.5, 0.6) is 5.75 Å². The number of methoxy groups -OCH3 is 1. The zero-order chi connectivity index (χ0) is 26.1. The summed E-state index contributed by atoms with van der Waals surface area (Å²) in [4.78, 5) is 40.0. The average molecular weight is 497 g/mol. The lowest BCUT2D eigenvalue weighted by Crippen LogP contribution is -2.65. The van der Waals surface area contributed by atoms with E-state index in [0.29, 0.717) is 11.3 Å². The number of allylic oxidation sites excluding steroid dienone is 1. The number of ether oxygens (including phenoxy) is 1. The first kappa shape index (κ1) is 25.0. The van der Waals surface area contributed by atoms with Gasteiger partial charge in [0.2, 0.25) is 5.54 Å². The van der Waals surface area contributed by atoms with Crippen LogP contribution in [0.25, 0.3) is 0 Å². The number of rotatable bonds is 7. The summed E-state index contributed by atoms with van der Waals surface area (Å²) < 4.78 is 54.8. The van der Waals surface area contributed by atoms with Crippen LogP contribution >= 0.6 is 0 Å². The fourth-order valence-electron chi connectivity index (χ4n) is 4.49. The third kappa shape index (κ3) is 4.21. The Morgan fingerprint density at radius 3 is 2.25 bits per heavy atom. The van der Waals surface area contributed by atoms with Crippen molar-refractivity contribution >= 4 is 17.5 Å². The highest BCUT2D eigenvalue weighted by atomic mass is 19.4. The van der Waals surface area contributed by atoms with E-state index in [2.05, 4.69) is 0 Å². The first-order chi connectivity index (χ1) is 17.1. The highest BCUT2D eigenvalue weighted by molar-refractivity contribution is 6.20. The van der Waals surface area contributed by atoms with Gasteiger partial charge in [-0.15, -0.1) is 0 Å². The molecule has 0 saturated heterocycles. The topological polar surface area (TPSA) is 85.6 Å². The van der Waals surface area contributed by atoms with Crippen molar-refractivity contribution in [1.29, 1.82) is 0 Å². The summed E-state index contributed by atoms with van der Waals surface area (Å²) in [6.45, 7) is 1.33. The summed E-state index contributed by atoms with van der Waals surface area (Å²) >= 11 is 0. The standard InChI is InChI=1S/C27H22F3NO5/c1-16-20(15-17-10-12-19(35-2)13-11-17)24(33)26(27(28,29)30,31-25(34)21-9-6-14-36-21)22(16)23(32)18-7-4-3-5-8-18/h3-14,20H,15H2,1-2H3,(H,31,34)/t20-,26-/m1/s1. The van der Waals surface area contributed by atoms with Gasteiger partial charge in [-0.05, 0) is 43.2 Å². The van der Waals surface area contributed by atoms with Gasteiger partial charge in [-0.2, -0.15) is 13.2 Å². The van der Waals surface area contributed by atoms with Gasteiger partial charge in [0.1, 0.15) is 5.75 Å². The maximum atomic E-state index is 14.9. The monoisotopic (exact) mass is 497 g/mol. The van der Waals surface area contributed by atoms with Crippen molar-refractivity contribution in [2.24, 2.45) is 5.92 Å². The molecule has 1 amide bonds. The van der Waals surface area contributed by atoms with Crippen LogP contribution in [0.3, 0.4) is 0 Å². The fraction of sp³-hybridized carbons (Fsp3) is 0.222. The van der Waals surface area contributed by atoms with Crippen molar-refractivity contribution in [2.45, 2.75) is 25.1 Å². The largest absolute Gasteiger partial charge is 0.497 e. The van der Waals surface area contributed by atoms with Crippen LogP contribution in [0, 0.1) is 5.92 Å². The number of hydrogen-bond acceptors (Lipinski definition) is 5. The van der Waals surface area contributed by atoms with E-state index in [0.717, 1.165) is 6.26 Å². The van der Waals surface area contributed by atoms with Gasteiger partial charge in [-0.3, -0.25) is 14.4 Å². The van der Waals surface area contributed by atoms with Gasteiger partial charge in [-0.1, -0.05) is 48.0 Å². The van der Waals surface area contributed by atoms with E-state index in [1.807, 2.05) is 5.32 Å². The summed E-state index contributed by atoms with van der Waals surface area (Å²) in [6.07, 6.45) is -4.30. The molecule has 0 radical (unpaired) electrons. The molecule has 0 fully saturated rings. The lowest BCUT2D eigenvalue weighted by atomic mass is 9.82. The number of furan rings is 1. The SMILES string of the molecule is COc1ccc(C[C@H]2C(=O)[C@@](NC(=O)c3ccco3)(C(F)(F)F)C(C(=O)c3ccccc3)=C2C)cc1. The molecule has 1 N–H and O–H groups in total. The minimum atomic E-state index is -5.32.